The van der Waals surface area contributed by atoms with Crippen molar-refractivity contribution < 1.29 is 9.53 Å². The van der Waals surface area contributed by atoms with Gasteiger partial charge in [0.25, 0.3) is 5.91 Å². The second-order valence-electron chi connectivity index (χ2n) is 7.95. The first kappa shape index (κ1) is 19.4. The van der Waals surface area contributed by atoms with Gasteiger partial charge >= 0.3 is 0 Å². The number of carbonyl (C=O) groups is 1. The lowest BCUT2D eigenvalue weighted by atomic mass is 10.1. The van der Waals surface area contributed by atoms with Crippen LogP contribution in [0, 0.1) is 13.8 Å². The quantitative estimate of drug-likeness (QED) is 0.667. The highest BCUT2D eigenvalue weighted by atomic mass is 16.5. The van der Waals surface area contributed by atoms with Crippen LogP contribution in [0.3, 0.4) is 0 Å². The molecule has 2 atom stereocenters. The Balaban J connectivity index is 1.82. The number of nitrogens with zero attached hydrogens (tertiary/aromatic N) is 3. The minimum atomic E-state index is -0.0115. The van der Waals surface area contributed by atoms with E-state index in [1.807, 2.05) is 62.1 Å². The summed E-state index contributed by atoms with van der Waals surface area (Å²) in [4.78, 5) is 15.4. The summed E-state index contributed by atoms with van der Waals surface area (Å²) in [6.07, 6.45) is 0.0433. The van der Waals surface area contributed by atoms with E-state index in [1.165, 1.54) is 0 Å². The zero-order valence-electron chi connectivity index (χ0n) is 17.4. The average Bonchev–Trinajstić information content (AvgIpc) is 3.14. The van der Waals surface area contributed by atoms with E-state index in [0.717, 1.165) is 28.1 Å². The summed E-state index contributed by atoms with van der Waals surface area (Å²) in [5.74, 6) is -0.0115. The van der Waals surface area contributed by atoms with Gasteiger partial charge in [0.2, 0.25) is 0 Å². The maximum atomic E-state index is 13.5. The van der Waals surface area contributed by atoms with Crippen LogP contribution in [-0.2, 0) is 4.74 Å². The molecule has 0 unspecified atom stereocenters. The van der Waals surface area contributed by atoms with Crippen LogP contribution in [-0.4, -0.2) is 45.9 Å². The molecule has 1 aliphatic rings. The van der Waals surface area contributed by atoms with Gasteiger partial charge in [-0.2, -0.15) is 5.10 Å². The third-order valence-electron chi connectivity index (χ3n) is 5.30. The Morgan fingerprint density at radius 3 is 2.38 bits per heavy atom. The molecule has 2 heterocycles. The van der Waals surface area contributed by atoms with E-state index in [2.05, 4.69) is 25.1 Å². The zero-order chi connectivity index (χ0) is 20.5. The smallest absolute Gasteiger partial charge is 0.272 e. The molecule has 150 valence electrons. The fraction of sp³-hybridized carbons (Fsp3) is 0.333. The van der Waals surface area contributed by atoms with Gasteiger partial charge in [-0.25, -0.2) is 4.68 Å². The number of morpholine rings is 1. The van der Waals surface area contributed by atoms with Crippen LogP contribution in [0.25, 0.3) is 16.9 Å². The molecular formula is C24H27N3O2. The van der Waals surface area contributed by atoms with Crippen molar-refractivity contribution >= 4 is 5.91 Å². The van der Waals surface area contributed by atoms with Gasteiger partial charge < -0.3 is 9.64 Å². The topological polar surface area (TPSA) is 47.4 Å². The molecule has 0 N–H and O–H groups in total. The fourth-order valence-electron chi connectivity index (χ4n) is 3.92. The van der Waals surface area contributed by atoms with Gasteiger partial charge in [-0.05, 0) is 51.0 Å². The van der Waals surface area contributed by atoms with Crippen molar-refractivity contribution in [1.29, 1.82) is 0 Å². The Kier molecular flexibility index (Phi) is 5.24. The Labute approximate surface area is 171 Å². The molecule has 0 spiro atoms. The van der Waals surface area contributed by atoms with E-state index in [9.17, 15) is 4.79 Å². The summed E-state index contributed by atoms with van der Waals surface area (Å²) >= 11 is 0. The third kappa shape index (κ3) is 3.96. The Bertz CT molecular complexity index is 1020. The SMILES string of the molecule is Cc1ccc(C)c(-n2nc(-c3ccccc3)cc2C(=O)N2C[C@@H](C)O[C@@H](C)C2)c1. The summed E-state index contributed by atoms with van der Waals surface area (Å²) in [6, 6.07) is 18.1. The van der Waals surface area contributed by atoms with Crippen LogP contribution in [0.2, 0.25) is 0 Å². The number of ether oxygens (including phenoxy) is 1. The van der Waals surface area contributed by atoms with Crippen molar-refractivity contribution in [3.8, 4) is 16.9 Å². The molecule has 1 aromatic heterocycles. The van der Waals surface area contributed by atoms with Gasteiger partial charge in [0.05, 0.1) is 23.6 Å². The first-order valence-corrected chi connectivity index (χ1v) is 10.1. The van der Waals surface area contributed by atoms with Crippen molar-refractivity contribution in [1.82, 2.24) is 14.7 Å². The molecule has 0 saturated carbocycles. The normalized spacial score (nSPS) is 19.4. The van der Waals surface area contributed by atoms with Crippen LogP contribution in [0.15, 0.2) is 54.6 Å². The van der Waals surface area contributed by atoms with Gasteiger partial charge in [-0.3, -0.25) is 4.79 Å². The molecular weight excluding hydrogens is 362 g/mol. The van der Waals surface area contributed by atoms with Crippen molar-refractivity contribution in [3.05, 3.63) is 71.4 Å². The molecule has 0 bridgehead atoms. The minimum Gasteiger partial charge on any atom is -0.372 e. The van der Waals surface area contributed by atoms with Gasteiger partial charge in [-0.1, -0.05) is 42.5 Å². The number of aryl methyl sites for hydroxylation is 2. The van der Waals surface area contributed by atoms with E-state index in [1.54, 1.807) is 4.68 Å². The second-order valence-corrected chi connectivity index (χ2v) is 7.95. The summed E-state index contributed by atoms with van der Waals surface area (Å²) in [6.45, 7) is 9.29. The number of amides is 1. The third-order valence-corrected chi connectivity index (χ3v) is 5.30. The maximum Gasteiger partial charge on any atom is 0.272 e. The molecule has 5 nitrogen and oxygen atoms in total. The van der Waals surface area contributed by atoms with E-state index in [-0.39, 0.29) is 18.1 Å². The number of hydrogen-bond acceptors (Lipinski definition) is 3. The number of aromatic nitrogens is 2. The lowest BCUT2D eigenvalue weighted by molar-refractivity contribution is -0.0588. The monoisotopic (exact) mass is 389 g/mol. The first-order chi connectivity index (χ1) is 13.9. The van der Waals surface area contributed by atoms with Gasteiger partial charge in [-0.15, -0.1) is 0 Å². The van der Waals surface area contributed by atoms with Crippen molar-refractivity contribution in [2.24, 2.45) is 0 Å². The van der Waals surface area contributed by atoms with Gasteiger partial charge in [0, 0.05) is 18.7 Å². The largest absolute Gasteiger partial charge is 0.372 e. The van der Waals surface area contributed by atoms with Crippen LogP contribution < -0.4 is 0 Å². The molecule has 1 aliphatic heterocycles. The van der Waals surface area contributed by atoms with Crippen molar-refractivity contribution in [3.63, 3.8) is 0 Å². The predicted octanol–water partition coefficient (Wildman–Crippen LogP) is 4.41. The van der Waals surface area contributed by atoms with Gasteiger partial charge in [0.1, 0.15) is 5.69 Å². The molecule has 3 aromatic rings. The van der Waals surface area contributed by atoms with E-state index in [4.69, 9.17) is 9.84 Å². The Hall–Kier alpha value is -2.92. The summed E-state index contributed by atoms with van der Waals surface area (Å²) in [5.41, 5.74) is 5.52. The zero-order valence-corrected chi connectivity index (χ0v) is 17.4. The highest BCUT2D eigenvalue weighted by molar-refractivity contribution is 5.94. The van der Waals surface area contributed by atoms with E-state index in [0.29, 0.717) is 18.8 Å². The molecule has 29 heavy (non-hydrogen) atoms. The summed E-state index contributed by atoms with van der Waals surface area (Å²) in [5, 5.41) is 4.84. The first-order valence-electron chi connectivity index (χ1n) is 10.1. The molecule has 1 fully saturated rings. The number of hydrogen-bond donors (Lipinski definition) is 0. The van der Waals surface area contributed by atoms with Crippen molar-refractivity contribution in [2.45, 2.75) is 39.9 Å². The van der Waals surface area contributed by atoms with E-state index < -0.39 is 0 Å². The lowest BCUT2D eigenvalue weighted by Crippen LogP contribution is -2.48. The standard InChI is InChI=1S/C24H27N3O2/c1-16-10-11-17(2)22(12-16)27-23(13-21(25-27)20-8-6-5-7-9-20)24(28)26-14-18(3)29-19(4)15-26/h5-13,18-19H,14-15H2,1-4H3/t18-,19+. The van der Waals surface area contributed by atoms with Crippen LogP contribution in [0.1, 0.15) is 35.5 Å². The molecule has 5 heteroatoms. The average molecular weight is 389 g/mol. The second kappa shape index (κ2) is 7.84. The molecule has 1 amide bonds. The number of carbonyl (C=O) groups excluding carboxylic acids is 1. The fourth-order valence-corrected chi connectivity index (χ4v) is 3.92. The lowest BCUT2D eigenvalue weighted by Gasteiger charge is -2.35. The minimum absolute atomic E-state index is 0.0115. The number of rotatable bonds is 3. The maximum absolute atomic E-state index is 13.5. The molecule has 0 radical (unpaired) electrons. The van der Waals surface area contributed by atoms with Crippen LogP contribution in [0.5, 0.6) is 0 Å². The highest BCUT2D eigenvalue weighted by Gasteiger charge is 2.29. The highest BCUT2D eigenvalue weighted by Crippen LogP contribution is 2.25. The molecule has 2 aromatic carbocycles. The van der Waals surface area contributed by atoms with Crippen LogP contribution >= 0.6 is 0 Å². The van der Waals surface area contributed by atoms with E-state index >= 15 is 0 Å². The van der Waals surface area contributed by atoms with Crippen LogP contribution in [0.4, 0.5) is 0 Å². The Morgan fingerprint density at radius 2 is 1.69 bits per heavy atom. The molecule has 4 rings (SSSR count). The molecule has 0 aliphatic carbocycles. The van der Waals surface area contributed by atoms with Gasteiger partial charge in [0.15, 0.2) is 0 Å². The summed E-state index contributed by atoms with van der Waals surface area (Å²) in [7, 11) is 0. The number of benzene rings is 2. The summed E-state index contributed by atoms with van der Waals surface area (Å²) < 4.78 is 7.61. The predicted molar refractivity (Wildman–Crippen MR) is 114 cm³/mol. The molecule has 1 saturated heterocycles. The Morgan fingerprint density at radius 1 is 1.00 bits per heavy atom. The van der Waals surface area contributed by atoms with Crippen molar-refractivity contribution in [2.75, 3.05) is 13.1 Å².